The number of imidazole rings is 1. The highest BCUT2D eigenvalue weighted by molar-refractivity contribution is 5.74. The Kier molecular flexibility index (Phi) is 2.82. The van der Waals surface area contributed by atoms with E-state index in [1.54, 1.807) is 6.33 Å². The third-order valence-electron chi connectivity index (χ3n) is 3.42. The molecule has 2 heterocycles. The third-order valence-corrected chi connectivity index (χ3v) is 3.42. The molecule has 4 heteroatoms. The maximum Gasteiger partial charge on any atom is 0.0959 e. The van der Waals surface area contributed by atoms with E-state index in [4.69, 9.17) is 4.74 Å². The Labute approximate surface area is 99.8 Å². The van der Waals surface area contributed by atoms with Gasteiger partial charge in [-0.2, -0.15) is 0 Å². The molecule has 2 aromatic rings. The summed E-state index contributed by atoms with van der Waals surface area (Å²) < 4.78 is 7.31. The molecule has 1 fully saturated rings. The lowest BCUT2D eigenvalue weighted by atomic mass is 10.0. The number of nitrogens with zero attached hydrogens (tertiary/aromatic N) is 2. The lowest BCUT2D eigenvalue weighted by Crippen LogP contribution is -2.25. The molecule has 1 aliphatic heterocycles. The second-order valence-corrected chi connectivity index (χ2v) is 4.58. The number of aromatic nitrogens is 2. The zero-order valence-corrected chi connectivity index (χ0v) is 9.62. The number of aliphatic hydroxyl groups is 1. The molecule has 2 unspecified atom stereocenters. The van der Waals surface area contributed by atoms with Crippen LogP contribution in [0.4, 0.5) is 0 Å². The van der Waals surface area contributed by atoms with Gasteiger partial charge in [0.25, 0.3) is 0 Å². The highest BCUT2D eigenvalue weighted by Gasteiger charge is 2.24. The number of aliphatic hydroxyl groups excluding tert-OH is 1. The standard InChI is InChI=1S/C13H16N2O2/c16-13(10-5-6-17-8-10)7-15-9-14-11-3-1-2-4-12(11)15/h1-4,9-10,13,16H,5-8H2. The van der Waals surface area contributed by atoms with E-state index < -0.39 is 0 Å². The van der Waals surface area contributed by atoms with Crippen LogP contribution in [0.15, 0.2) is 30.6 Å². The summed E-state index contributed by atoms with van der Waals surface area (Å²) in [6, 6.07) is 7.98. The molecule has 1 aromatic carbocycles. The van der Waals surface area contributed by atoms with Crippen molar-refractivity contribution in [3.63, 3.8) is 0 Å². The van der Waals surface area contributed by atoms with E-state index in [0.717, 1.165) is 24.1 Å². The second-order valence-electron chi connectivity index (χ2n) is 4.58. The fraction of sp³-hybridized carbons (Fsp3) is 0.462. The number of para-hydroxylation sites is 2. The minimum atomic E-state index is -0.352. The Morgan fingerprint density at radius 3 is 3.18 bits per heavy atom. The summed E-state index contributed by atoms with van der Waals surface area (Å²) in [6.45, 7) is 2.04. The molecule has 0 saturated carbocycles. The van der Waals surface area contributed by atoms with E-state index in [1.165, 1.54) is 0 Å². The average molecular weight is 232 g/mol. The summed E-state index contributed by atoms with van der Waals surface area (Å²) in [4.78, 5) is 4.32. The fourth-order valence-corrected chi connectivity index (χ4v) is 2.36. The molecule has 0 amide bonds. The average Bonchev–Trinajstić information content (AvgIpc) is 2.98. The van der Waals surface area contributed by atoms with Gasteiger partial charge in [0.15, 0.2) is 0 Å². The highest BCUT2D eigenvalue weighted by atomic mass is 16.5. The van der Waals surface area contributed by atoms with E-state index in [1.807, 2.05) is 28.8 Å². The van der Waals surface area contributed by atoms with E-state index in [0.29, 0.717) is 13.2 Å². The van der Waals surface area contributed by atoms with Crippen molar-refractivity contribution in [2.24, 2.45) is 5.92 Å². The molecule has 90 valence electrons. The molecule has 0 aliphatic carbocycles. The van der Waals surface area contributed by atoms with Gasteiger partial charge in [-0.1, -0.05) is 12.1 Å². The van der Waals surface area contributed by atoms with Crippen molar-refractivity contribution in [3.05, 3.63) is 30.6 Å². The Morgan fingerprint density at radius 1 is 1.47 bits per heavy atom. The van der Waals surface area contributed by atoms with Crippen molar-refractivity contribution in [3.8, 4) is 0 Å². The van der Waals surface area contributed by atoms with Crippen LogP contribution in [-0.4, -0.2) is 34.0 Å². The van der Waals surface area contributed by atoms with Crippen LogP contribution in [-0.2, 0) is 11.3 Å². The van der Waals surface area contributed by atoms with Crippen LogP contribution in [0.25, 0.3) is 11.0 Å². The van der Waals surface area contributed by atoms with Crippen molar-refractivity contribution in [1.29, 1.82) is 0 Å². The molecular weight excluding hydrogens is 216 g/mol. The van der Waals surface area contributed by atoms with Crippen LogP contribution in [0.3, 0.4) is 0 Å². The second kappa shape index (κ2) is 4.47. The Morgan fingerprint density at radius 2 is 2.35 bits per heavy atom. The topological polar surface area (TPSA) is 47.3 Å². The summed E-state index contributed by atoms with van der Waals surface area (Å²) in [7, 11) is 0. The van der Waals surface area contributed by atoms with Crippen LogP contribution in [0, 0.1) is 5.92 Å². The van der Waals surface area contributed by atoms with Crippen LogP contribution < -0.4 is 0 Å². The zero-order valence-electron chi connectivity index (χ0n) is 9.62. The normalized spacial score (nSPS) is 22.1. The van der Waals surface area contributed by atoms with Gasteiger partial charge in [-0.15, -0.1) is 0 Å². The molecule has 1 saturated heterocycles. The number of fused-ring (bicyclic) bond motifs is 1. The van der Waals surface area contributed by atoms with Crippen molar-refractivity contribution in [1.82, 2.24) is 9.55 Å². The summed E-state index contributed by atoms with van der Waals surface area (Å²) in [5, 5.41) is 10.2. The van der Waals surface area contributed by atoms with E-state index in [-0.39, 0.29) is 12.0 Å². The van der Waals surface area contributed by atoms with Crippen molar-refractivity contribution in [2.45, 2.75) is 19.1 Å². The van der Waals surface area contributed by atoms with E-state index in [9.17, 15) is 5.11 Å². The molecule has 17 heavy (non-hydrogen) atoms. The van der Waals surface area contributed by atoms with Crippen LogP contribution in [0.2, 0.25) is 0 Å². The Balaban J connectivity index is 1.80. The van der Waals surface area contributed by atoms with E-state index in [2.05, 4.69) is 4.98 Å². The van der Waals surface area contributed by atoms with Gasteiger partial charge < -0.3 is 14.4 Å². The van der Waals surface area contributed by atoms with E-state index >= 15 is 0 Å². The summed E-state index contributed by atoms with van der Waals surface area (Å²) in [5.74, 6) is 0.260. The van der Waals surface area contributed by atoms with Gasteiger partial charge in [-0.25, -0.2) is 4.98 Å². The largest absolute Gasteiger partial charge is 0.391 e. The predicted octanol–water partition coefficient (Wildman–Crippen LogP) is 1.43. The van der Waals surface area contributed by atoms with Crippen LogP contribution in [0.1, 0.15) is 6.42 Å². The van der Waals surface area contributed by atoms with Crippen LogP contribution >= 0.6 is 0 Å². The maximum atomic E-state index is 10.2. The van der Waals surface area contributed by atoms with Crippen molar-refractivity contribution >= 4 is 11.0 Å². The van der Waals surface area contributed by atoms with Crippen molar-refractivity contribution in [2.75, 3.05) is 13.2 Å². The SMILES string of the molecule is OC(Cn1cnc2ccccc21)C1CCOC1. The minimum Gasteiger partial charge on any atom is -0.391 e. The quantitative estimate of drug-likeness (QED) is 0.871. The lowest BCUT2D eigenvalue weighted by Gasteiger charge is -2.17. The number of benzene rings is 1. The summed E-state index contributed by atoms with van der Waals surface area (Å²) >= 11 is 0. The minimum absolute atomic E-state index is 0.260. The molecule has 0 bridgehead atoms. The van der Waals surface area contributed by atoms with Gasteiger partial charge in [0, 0.05) is 12.5 Å². The van der Waals surface area contributed by atoms with Gasteiger partial charge in [0.05, 0.1) is 36.6 Å². The molecule has 3 rings (SSSR count). The zero-order chi connectivity index (χ0) is 11.7. The summed E-state index contributed by atoms with van der Waals surface area (Å²) in [6.07, 6.45) is 2.40. The van der Waals surface area contributed by atoms with Gasteiger partial charge in [0.1, 0.15) is 0 Å². The van der Waals surface area contributed by atoms with Crippen molar-refractivity contribution < 1.29 is 9.84 Å². The highest BCUT2D eigenvalue weighted by Crippen LogP contribution is 2.20. The first-order valence-corrected chi connectivity index (χ1v) is 6.00. The first-order valence-electron chi connectivity index (χ1n) is 6.00. The number of ether oxygens (including phenoxy) is 1. The van der Waals surface area contributed by atoms with Gasteiger partial charge in [-0.05, 0) is 18.6 Å². The Hall–Kier alpha value is -1.39. The molecule has 1 aliphatic rings. The first-order chi connectivity index (χ1) is 8.34. The Bertz CT molecular complexity index is 503. The smallest absolute Gasteiger partial charge is 0.0959 e. The molecule has 4 nitrogen and oxygen atoms in total. The molecule has 0 radical (unpaired) electrons. The number of hydrogen-bond donors (Lipinski definition) is 1. The molecule has 1 N–H and O–H groups in total. The molecule has 2 atom stereocenters. The van der Waals surface area contributed by atoms with Gasteiger partial charge in [0.2, 0.25) is 0 Å². The third kappa shape index (κ3) is 2.06. The van der Waals surface area contributed by atoms with Gasteiger partial charge >= 0.3 is 0 Å². The predicted molar refractivity (Wildman–Crippen MR) is 64.7 cm³/mol. The molecule has 0 spiro atoms. The fourth-order valence-electron chi connectivity index (χ4n) is 2.36. The monoisotopic (exact) mass is 232 g/mol. The first kappa shape index (κ1) is 10.7. The molecular formula is C13H16N2O2. The van der Waals surface area contributed by atoms with Gasteiger partial charge in [-0.3, -0.25) is 0 Å². The summed E-state index contributed by atoms with van der Waals surface area (Å²) in [5.41, 5.74) is 2.05. The maximum absolute atomic E-state index is 10.2. The number of rotatable bonds is 3. The molecule has 1 aromatic heterocycles. The van der Waals surface area contributed by atoms with Crippen LogP contribution in [0.5, 0.6) is 0 Å². The number of hydrogen-bond acceptors (Lipinski definition) is 3. The lowest BCUT2D eigenvalue weighted by molar-refractivity contribution is 0.0786.